The average Bonchev–Trinajstić information content (AvgIpc) is 3.06. The van der Waals surface area contributed by atoms with Gasteiger partial charge in [-0.25, -0.2) is 0 Å². The molecule has 1 aromatic heterocycles. The number of carbonyl (C=O) groups is 1. The summed E-state index contributed by atoms with van der Waals surface area (Å²) in [6.45, 7) is 0. The minimum Gasteiger partial charge on any atom is -0.329 e. The summed E-state index contributed by atoms with van der Waals surface area (Å²) in [5, 5.41) is 5.14. The minimum absolute atomic E-state index is 0.194. The number of rotatable bonds is 2. The van der Waals surface area contributed by atoms with Crippen molar-refractivity contribution in [3.8, 4) is 11.4 Å². The minimum atomic E-state index is -4.69. The van der Waals surface area contributed by atoms with Crippen LogP contribution in [0.2, 0.25) is 0 Å². The molecule has 0 aliphatic carbocycles. The summed E-state index contributed by atoms with van der Waals surface area (Å²) < 4.78 is 45.6. The number of allylic oxidation sites excluding steroid dienone is 2. The second-order valence-corrected chi connectivity index (χ2v) is 6.31. The average molecular weight is 353 g/mol. The molecule has 0 spiro atoms. The van der Waals surface area contributed by atoms with Crippen molar-refractivity contribution in [2.45, 2.75) is 6.18 Å². The Hall–Kier alpha value is -2.55. The third-order valence-electron chi connectivity index (χ3n) is 3.01. The number of nitrogens with zero attached hydrogens (tertiary/aromatic N) is 3. The van der Waals surface area contributed by atoms with Gasteiger partial charge in [0.15, 0.2) is 0 Å². The van der Waals surface area contributed by atoms with Crippen molar-refractivity contribution in [3.63, 3.8) is 0 Å². The molecule has 5 nitrogen and oxygen atoms in total. The first kappa shape index (κ1) is 16.3. The lowest BCUT2D eigenvalue weighted by atomic mass is 10.1. The second kappa shape index (κ2) is 6.52. The van der Waals surface area contributed by atoms with Gasteiger partial charge in [-0.2, -0.15) is 22.5 Å². The van der Waals surface area contributed by atoms with E-state index in [2.05, 4.69) is 19.0 Å². The Morgan fingerprint density at radius 3 is 2.54 bits per heavy atom. The number of carbonyl (C=O) groups excluding carboxylic acids is 1. The Kier molecular flexibility index (Phi) is 4.43. The van der Waals surface area contributed by atoms with Crippen molar-refractivity contribution in [2.75, 3.05) is 5.75 Å². The summed E-state index contributed by atoms with van der Waals surface area (Å²) in [4.78, 5) is 15.4. The Morgan fingerprint density at radius 1 is 1.21 bits per heavy atom. The fraction of sp³-hybridized carbons (Fsp3) is 0.133. The summed E-state index contributed by atoms with van der Waals surface area (Å²) >= 11 is 0. The molecule has 24 heavy (non-hydrogen) atoms. The molecular formula is C15H10F3N3O2S. The number of hydrogen-bond acceptors (Lipinski definition) is 4. The predicted octanol–water partition coefficient (Wildman–Crippen LogP) is 3.78. The van der Waals surface area contributed by atoms with Crippen LogP contribution in [0.1, 0.15) is 16.2 Å². The number of amides is 1. The Morgan fingerprint density at radius 2 is 1.96 bits per heavy atom. The van der Waals surface area contributed by atoms with Crippen LogP contribution in [0.4, 0.5) is 13.2 Å². The van der Waals surface area contributed by atoms with E-state index in [0.717, 1.165) is 0 Å². The number of hydrogen-bond donors (Lipinski definition) is 0. The van der Waals surface area contributed by atoms with E-state index in [1.54, 1.807) is 0 Å². The number of alkyl halides is 3. The van der Waals surface area contributed by atoms with Crippen LogP contribution in [0.5, 0.6) is 0 Å². The van der Waals surface area contributed by atoms with Gasteiger partial charge in [0.05, 0.1) is 0 Å². The molecule has 0 fully saturated rings. The molecule has 1 unspecified atom stereocenters. The van der Waals surface area contributed by atoms with E-state index >= 15 is 0 Å². The molecule has 2 aromatic rings. The van der Waals surface area contributed by atoms with Crippen molar-refractivity contribution in [1.82, 2.24) is 10.1 Å². The van der Waals surface area contributed by atoms with E-state index < -0.39 is 22.8 Å². The molecule has 0 bridgehead atoms. The molecule has 0 saturated carbocycles. The first-order valence-electron chi connectivity index (χ1n) is 6.74. The number of halogens is 3. The first-order valence-corrected chi connectivity index (χ1v) is 8.15. The molecule has 124 valence electrons. The standard InChI is InChI=1S/C15H10F3N3O2S/c16-15(17,18)14-19-12(20-23-14)10-4-6-11(7-5-10)13(22)21-24-8-2-1-3-9-24/h1-8H,9H2. The topological polar surface area (TPSA) is 68.3 Å². The lowest BCUT2D eigenvalue weighted by molar-refractivity contribution is -0.159. The van der Waals surface area contributed by atoms with Crippen LogP contribution in [-0.4, -0.2) is 21.8 Å². The molecule has 1 amide bonds. The van der Waals surface area contributed by atoms with Crippen molar-refractivity contribution >= 4 is 16.6 Å². The molecule has 1 aromatic carbocycles. The van der Waals surface area contributed by atoms with E-state index in [1.165, 1.54) is 24.3 Å². The summed E-state index contributed by atoms with van der Waals surface area (Å²) in [5.41, 5.74) is 0.655. The van der Waals surface area contributed by atoms with Crippen molar-refractivity contribution in [3.05, 3.63) is 59.4 Å². The molecule has 0 saturated heterocycles. The van der Waals surface area contributed by atoms with Gasteiger partial charge in [-0.1, -0.05) is 46.2 Å². The van der Waals surface area contributed by atoms with Crippen molar-refractivity contribution in [1.29, 1.82) is 0 Å². The SMILES string of the molecule is O=C(N=S1C=CC=CC1)c1ccc(-c2noc(C(F)(F)F)n2)cc1. The third kappa shape index (κ3) is 3.67. The highest BCUT2D eigenvalue weighted by Gasteiger charge is 2.38. The highest BCUT2D eigenvalue weighted by atomic mass is 32.2. The largest absolute Gasteiger partial charge is 0.471 e. The van der Waals surface area contributed by atoms with E-state index in [-0.39, 0.29) is 11.7 Å². The van der Waals surface area contributed by atoms with Crippen LogP contribution in [0.15, 0.2) is 56.8 Å². The molecule has 1 atom stereocenters. The highest BCUT2D eigenvalue weighted by Crippen LogP contribution is 2.29. The molecule has 3 rings (SSSR count). The molecule has 1 aliphatic rings. The summed E-state index contributed by atoms with van der Waals surface area (Å²) in [7, 11) is -0.480. The van der Waals surface area contributed by atoms with Gasteiger partial charge in [-0.05, 0) is 17.5 Å². The maximum absolute atomic E-state index is 12.4. The zero-order chi connectivity index (χ0) is 17.2. The van der Waals surface area contributed by atoms with E-state index in [0.29, 0.717) is 16.9 Å². The van der Waals surface area contributed by atoms with Gasteiger partial charge < -0.3 is 4.52 Å². The Labute approximate surface area is 137 Å². The Balaban J connectivity index is 1.78. The van der Waals surface area contributed by atoms with Crippen LogP contribution in [-0.2, 0) is 16.9 Å². The zero-order valence-electron chi connectivity index (χ0n) is 12.0. The quantitative estimate of drug-likeness (QED) is 0.824. The molecule has 0 radical (unpaired) electrons. The predicted molar refractivity (Wildman–Crippen MR) is 82.0 cm³/mol. The number of benzene rings is 1. The first-order chi connectivity index (χ1) is 11.4. The Bertz CT molecular complexity index is 852. The summed E-state index contributed by atoms with van der Waals surface area (Å²) in [6, 6.07) is 5.84. The lowest BCUT2D eigenvalue weighted by Crippen LogP contribution is -2.04. The smallest absolute Gasteiger partial charge is 0.329 e. The van der Waals surface area contributed by atoms with E-state index in [9.17, 15) is 18.0 Å². The van der Waals surface area contributed by atoms with Crippen LogP contribution in [0.25, 0.3) is 11.4 Å². The van der Waals surface area contributed by atoms with Gasteiger partial charge in [0, 0.05) is 16.9 Å². The van der Waals surface area contributed by atoms with E-state index in [1.807, 2.05) is 23.6 Å². The van der Waals surface area contributed by atoms with Crippen molar-refractivity contribution < 1.29 is 22.5 Å². The van der Waals surface area contributed by atoms with Crippen LogP contribution >= 0.6 is 0 Å². The van der Waals surface area contributed by atoms with E-state index in [4.69, 9.17) is 0 Å². The van der Waals surface area contributed by atoms with Gasteiger partial charge in [0.25, 0.3) is 5.91 Å². The fourth-order valence-corrected chi connectivity index (χ4v) is 3.01. The fourth-order valence-electron chi connectivity index (χ4n) is 1.87. The van der Waals surface area contributed by atoms with Crippen LogP contribution in [0, 0.1) is 0 Å². The van der Waals surface area contributed by atoms with Gasteiger partial charge >= 0.3 is 12.1 Å². The van der Waals surface area contributed by atoms with Crippen LogP contribution < -0.4 is 0 Å². The van der Waals surface area contributed by atoms with Gasteiger partial charge in [-0.3, -0.25) is 4.79 Å². The van der Waals surface area contributed by atoms with Crippen molar-refractivity contribution in [2.24, 2.45) is 4.36 Å². The highest BCUT2D eigenvalue weighted by molar-refractivity contribution is 7.90. The van der Waals surface area contributed by atoms with Crippen LogP contribution in [0.3, 0.4) is 0 Å². The molecular weight excluding hydrogens is 343 g/mol. The van der Waals surface area contributed by atoms with Gasteiger partial charge in [0.1, 0.15) is 0 Å². The maximum Gasteiger partial charge on any atom is 0.471 e. The monoisotopic (exact) mass is 353 g/mol. The lowest BCUT2D eigenvalue weighted by Gasteiger charge is -2.02. The third-order valence-corrected chi connectivity index (χ3v) is 4.41. The summed E-state index contributed by atoms with van der Waals surface area (Å²) in [5.74, 6) is -1.30. The van der Waals surface area contributed by atoms with Gasteiger partial charge in [-0.15, -0.1) is 0 Å². The molecule has 0 N–H and O–H groups in total. The summed E-state index contributed by atoms with van der Waals surface area (Å²) in [6.07, 6.45) is 0.958. The number of aromatic nitrogens is 2. The molecule has 2 heterocycles. The van der Waals surface area contributed by atoms with Gasteiger partial charge in [0.2, 0.25) is 5.82 Å². The maximum atomic E-state index is 12.4. The second-order valence-electron chi connectivity index (χ2n) is 4.72. The normalized spacial score (nSPS) is 17.4. The molecule has 9 heteroatoms. The zero-order valence-corrected chi connectivity index (χ0v) is 12.8. The molecule has 1 aliphatic heterocycles.